The minimum Gasteiger partial charge on any atom is -0.465 e. The number of rotatable bonds is 3. The lowest BCUT2D eigenvalue weighted by molar-refractivity contribution is -0.135. The van der Waals surface area contributed by atoms with Crippen LogP contribution in [-0.2, 0) is 16.1 Å². The largest absolute Gasteiger partial charge is 0.465 e. The molecule has 2 saturated heterocycles. The van der Waals surface area contributed by atoms with Gasteiger partial charge in [-0.1, -0.05) is 13.8 Å². The Hall–Kier alpha value is -1.82. The Kier molecular flexibility index (Phi) is 4.91. The van der Waals surface area contributed by atoms with Gasteiger partial charge < -0.3 is 14.2 Å². The van der Waals surface area contributed by atoms with Crippen LogP contribution in [0.3, 0.4) is 0 Å². The topological polar surface area (TPSA) is 57.0 Å². The van der Waals surface area contributed by atoms with Gasteiger partial charge in [-0.3, -0.25) is 14.5 Å². The van der Waals surface area contributed by atoms with Crippen molar-refractivity contribution in [3.63, 3.8) is 0 Å². The number of amides is 2. The Labute approximate surface area is 149 Å². The van der Waals surface area contributed by atoms with Crippen LogP contribution in [0.4, 0.5) is 0 Å². The molecule has 6 nitrogen and oxygen atoms in total. The van der Waals surface area contributed by atoms with Crippen molar-refractivity contribution < 1.29 is 14.0 Å². The summed E-state index contributed by atoms with van der Waals surface area (Å²) >= 11 is 0. The number of carbonyl (C=O) groups excluding carboxylic acids is 2. The van der Waals surface area contributed by atoms with Gasteiger partial charge in [-0.2, -0.15) is 0 Å². The summed E-state index contributed by atoms with van der Waals surface area (Å²) in [5, 5.41) is 0. The first kappa shape index (κ1) is 18.0. The number of aryl methyl sites for hydroxylation is 1. The molecule has 0 aromatic carbocycles. The van der Waals surface area contributed by atoms with Gasteiger partial charge in [0.15, 0.2) is 0 Å². The highest BCUT2D eigenvalue weighted by atomic mass is 16.3. The Balaban J connectivity index is 1.81. The van der Waals surface area contributed by atoms with Crippen LogP contribution in [0.1, 0.15) is 31.8 Å². The number of furan rings is 1. The maximum absolute atomic E-state index is 12.6. The van der Waals surface area contributed by atoms with E-state index in [-0.39, 0.29) is 23.1 Å². The van der Waals surface area contributed by atoms with Crippen molar-refractivity contribution in [1.29, 1.82) is 0 Å². The summed E-state index contributed by atoms with van der Waals surface area (Å²) in [6, 6.07) is 3.99. The van der Waals surface area contributed by atoms with Gasteiger partial charge in [-0.15, -0.1) is 0 Å². The normalized spacial score (nSPS) is 25.2. The van der Waals surface area contributed by atoms with Crippen LogP contribution in [0, 0.1) is 18.3 Å². The average Bonchev–Trinajstić information content (AvgIpc) is 2.99. The molecular weight excluding hydrogens is 318 g/mol. The summed E-state index contributed by atoms with van der Waals surface area (Å²) in [5.74, 6) is 2.18. The van der Waals surface area contributed by atoms with E-state index in [0.717, 1.165) is 31.2 Å². The van der Waals surface area contributed by atoms with E-state index in [4.69, 9.17) is 4.42 Å². The fourth-order valence-electron chi connectivity index (χ4n) is 4.14. The van der Waals surface area contributed by atoms with Gasteiger partial charge in [0.2, 0.25) is 11.8 Å². The molecule has 1 atom stereocenters. The minimum atomic E-state index is -0.186. The van der Waals surface area contributed by atoms with E-state index in [1.54, 1.807) is 4.90 Å². The standard InChI is InChI=1S/C19H29N3O3/c1-14(2)18(24)22-8-7-21(10-16-6-5-15(3)25-16)12-19(13-22)9-17(23)20(4)11-19/h5-6,14H,7-13H2,1-4H3/t19-/m0/s1. The van der Waals surface area contributed by atoms with E-state index in [1.165, 1.54) is 0 Å². The molecule has 1 spiro atoms. The number of hydrogen-bond donors (Lipinski definition) is 0. The molecule has 0 radical (unpaired) electrons. The summed E-state index contributed by atoms with van der Waals surface area (Å²) in [6.07, 6.45) is 0.513. The molecule has 1 aromatic heterocycles. The smallest absolute Gasteiger partial charge is 0.225 e. The van der Waals surface area contributed by atoms with Gasteiger partial charge in [0.25, 0.3) is 0 Å². The Morgan fingerprint density at radius 2 is 2.00 bits per heavy atom. The molecule has 3 rings (SSSR count). The lowest BCUT2D eigenvalue weighted by Gasteiger charge is -2.33. The molecule has 0 bridgehead atoms. The molecule has 2 aliphatic rings. The predicted octanol–water partition coefficient (Wildman–Crippen LogP) is 1.74. The fraction of sp³-hybridized carbons (Fsp3) is 0.684. The maximum atomic E-state index is 12.6. The second kappa shape index (κ2) is 6.83. The van der Waals surface area contributed by atoms with Crippen LogP contribution >= 0.6 is 0 Å². The first-order chi connectivity index (χ1) is 11.8. The number of nitrogens with zero attached hydrogens (tertiary/aromatic N) is 3. The van der Waals surface area contributed by atoms with Crippen LogP contribution in [0.5, 0.6) is 0 Å². The highest BCUT2D eigenvalue weighted by Gasteiger charge is 2.46. The van der Waals surface area contributed by atoms with E-state index < -0.39 is 0 Å². The third-order valence-electron chi connectivity index (χ3n) is 5.28. The van der Waals surface area contributed by atoms with Crippen molar-refractivity contribution in [2.45, 2.75) is 33.7 Å². The predicted molar refractivity (Wildman–Crippen MR) is 94.8 cm³/mol. The van der Waals surface area contributed by atoms with Crippen molar-refractivity contribution in [3.05, 3.63) is 23.7 Å². The molecular formula is C19H29N3O3. The van der Waals surface area contributed by atoms with E-state index >= 15 is 0 Å². The summed E-state index contributed by atoms with van der Waals surface area (Å²) in [5.41, 5.74) is -0.186. The van der Waals surface area contributed by atoms with Crippen molar-refractivity contribution in [2.75, 3.05) is 39.8 Å². The number of hydrogen-bond acceptors (Lipinski definition) is 4. The molecule has 0 saturated carbocycles. The molecule has 0 N–H and O–H groups in total. The average molecular weight is 347 g/mol. The molecule has 6 heteroatoms. The SMILES string of the molecule is Cc1ccc(CN2CCN(C(=O)C(C)C)C[C@]3(CC(=O)N(C)C3)C2)o1. The van der Waals surface area contributed by atoms with Gasteiger partial charge in [0.05, 0.1) is 6.54 Å². The fourth-order valence-corrected chi connectivity index (χ4v) is 4.14. The summed E-state index contributed by atoms with van der Waals surface area (Å²) in [7, 11) is 1.86. The van der Waals surface area contributed by atoms with Crippen molar-refractivity contribution >= 4 is 11.8 Å². The lowest BCUT2D eigenvalue weighted by Crippen LogP contribution is -2.45. The maximum Gasteiger partial charge on any atom is 0.225 e. The molecule has 0 aliphatic carbocycles. The zero-order valence-electron chi connectivity index (χ0n) is 15.7. The molecule has 1 aromatic rings. The third kappa shape index (κ3) is 3.89. The Bertz CT molecular complexity index is 654. The van der Waals surface area contributed by atoms with Crippen LogP contribution in [0.25, 0.3) is 0 Å². The van der Waals surface area contributed by atoms with Crippen molar-refractivity contribution in [3.8, 4) is 0 Å². The van der Waals surface area contributed by atoms with Crippen LogP contribution in [-0.4, -0.2) is 66.3 Å². The van der Waals surface area contributed by atoms with E-state index in [1.807, 2.05) is 44.9 Å². The summed E-state index contributed by atoms with van der Waals surface area (Å²) in [4.78, 5) is 30.9. The van der Waals surface area contributed by atoms with Crippen LogP contribution in [0.15, 0.2) is 16.5 Å². The van der Waals surface area contributed by atoms with E-state index in [9.17, 15) is 9.59 Å². The molecule has 2 fully saturated rings. The first-order valence-corrected chi connectivity index (χ1v) is 9.08. The monoisotopic (exact) mass is 347 g/mol. The zero-order valence-corrected chi connectivity index (χ0v) is 15.7. The summed E-state index contributed by atoms with van der Waals surface area (Å²) in [6.45, 7) is 10.2. The van der Waals surface area contributed by atoms with Gasteiger partial charge >= 0.3 is 0 Å². The van der Waals surface area contributed by atoms with Gasteiger partial charge in [-0.05, 0) is 19.1 Å². The van der Waals surface area contributed by atoms with Crippen molar-refractivity contribution in [2.24, 2.45) is 11.3 Å². The Morgan fingerprint density at radius 1 is 1.24 bits per heavy atom. The quantitative estimate of drug-likeness (QED) is 0.836. The molecule has 2 aliphatic heterocycles. The summed E-state index contributed by atoms with van der Waals surface area (Å²) < 4.78 is 5.73. The van der Waals surface area contributed by atoms with E-state index in [2.05, 4.69) is 4.90 Å². The molecule has 2 amide bonds. The van der Waals surface area contributed by atoms with Gasteiger partial charge in [0.1, 0.15) is 11.5 Å². The van der Waals surface area contributed by atoms with Gasteiger partial charge in [-0.25, -0.2) is 0 Å². The first-order valence-electron chi connectivity index (χ1n) is 9.08. The second-order valence-electron chi connectivity index (χ2n) is 8.06. The lowest BCUT2D eigenvalue weighted by atomic mass is 9.85. The molecule has 0 unspecified atom stereocenters. The van der Waals surface area contributed by atoms with Crippen molar-refractivity contribution in [1.82, 2.24) is 14.7 Å². The third-order valence-corrected chi connectivity index (χ3v) is 5.28. The number of likely N-dealkylation sites (tertiary alicyclic amines) is 1. The van der Waals surface area contributed by atoms with Crippen LogP contribution < -0.4 is 0 Å². The minimum absolute atomic E-state index is 0.0221. The van der Waals surface area contributed by atoms with Crippen LogP contribution in [0.2, 0.25) is 0 Å². The molecule has 3 heterocycles. The second-order valence-corrected chi connectivity index (χ2v) is 8.06. The molecule has 138 valence electrons. The number of carbonyl (C=O) groups is 2. The highest BCUT2D eigenvalue weighted by Crippen LogP contribution is 2.35. The van der Waals surface area contributed by atoms with E-state index in [0.29, 0.717) is 26.1 Å². The highest BCUT2D eigenvalue weighted by molar-refractivity contribution is 5.80. The Morgan fingerprint density at radius 3 is 2.56 bits per heavy atom. The zero-order chi connectivity index (χ0) is 18.2. The van der Waals surface area contributed by atoms with Gasteiger partial charge in [0, 0.05) is 57.5 Å². The molecule has 25 heavy (non-hydrogen) atoms.